The summed E-state index contributed by atoms with van der Waals surface area (Å²) < 4.78 is 0. The number of primary amides is 1. The number of carbonyl (C=O) groups excluding carboxylic acids is 3. The van der Waals surface area contributed by atoms with Gasteiger partial charge in [0.1, 0.15) is 11.8 Å². The lowest BCUT2D eigenvalue weighted by Crippen LogP contribution is -2.54. The van der Waals surface area contributed by atoms with Crippen LogP contribution >= 0.6 is 0 Å². The normalized spacial score (nSPS) is 22.7. The molecule has 1 atom stereocenters. The zero-order valence-electron chi connectivity index (χ0n) is 14.6. The number of ketones is 1. The fourth-order valence-corrected chi connectivity index (χ4v) is 4.21. The van der Waals surface area contributed by atoms with Gasteiger partial charge in [-0.1, -0.05) is 30.3 Å². The molecule has 3 rings (SSSR count). The zero-order chi connectivity index (χ0) is 18.0. The second kappa shape index (κ2) is 6.86. The lowest BCUT2D eigenvalue weighted by atomic mass is 9.70. The maximum atomic E-state index is 12.8. The molecule has 2 heterocycles. The standard InChI is InChI=1S/C19H25N3O3/c1-14(23)19(15-6-3-2-4-7-15)9-12-21(13-10-19)17(24)16-8-5-11-22(16)18(20)25/h2-4,6-7,16H,5,8-13H2,1H3,(H2,20,25)/t16-/m0/s1. The minimum Gasteiger partial charge on any atom is -0.351 e. The molecule has 0 radical (unpaired) electrons. The average molecular weight is 343 g/mol. The molecule has 0 bridgehead atoms. The van der Waals surface area contributed by atoms with Crippen molar-refractivity contribution in [1.82, 2.24) is 9.80 Å². The van der Waals surface area contributed by atoms with Gasteiger partial charge in [-0.2, -0.15) is 0 Å². The van der Waals surface area contributed by atoms with E-state index in [0.29, 0.717) is 38.9 Å². The minimum atomic E-state index is -0.532. The van der Waals surface area contributed by atoms with E-state index >= 15 is 0 Å². The highest BCUT2D eigenvalue weighted by molar-refractivity contribution is 5.90. The van der Waals surface area contributed by atoms with Crippen LogP contribution in [0.5, 0.6) is 0 Å². The van der Waals surface area contributed by atoms with Crippen molar-refractivity contribution in [3.63, 3.8) is 0 Å². The van der Waals surface area contributed by atoms with Crippen molar-refractivity contribution in [3.8, 4) is 0 Å². The number of hydrogen-bond donors (Lipinski definition) is 1. The van der Waals surface area contributed by atoms with Gasteiger partial charge in [0.15, 0.2) is 0 Å². The Morgan fingerprint density at radius 1 is 1.08 bits per heavy atom. The third-order valence-corrected chi connectivity index (χ3v) is 5.75. The molecule has 0 unspecified atom stereocenters. The molecule has 2 fully saturated rings. The molecular weight excluding hydrogens is 318 g/mol. The van der Waals surface area contributed by atoms with Crippen molar-refractivity contribution in [2.45, 2.75) is 44.1 Å². The van der Waals surface area contributed by atoms with Crippen molar-refractivity contribution in [2.24, 2.45) is 5.73 Å². The maximum Gasteiger partial charge on any atom is 0.315 e. The van der Waals surface area contributed by atoms with Crippen LogP contribution in [0.1, 0.15) is 38.2 Å². The Morgan fingerprint density at radius 3 is 2.28 bits per heavy atom. The highest BCUT2D eigenvalue weighted by Crippen LogP contribution is 2.37. The summed E-state index contributed by atoms with van der Waals surface area (Å²) in [4.78, 5) is 40.0. The molecule has 2 N–H and O–H groups in total. The van der Waals surface area contributed by atoms with Crippen molar-refractivity contribution >= 4 is 17.7 Å². The van der Waals surface area contributed by atoms with E-state index in [0.717, 1.165) is 12.0 Å². The van der Waals surface area contributed by atoms with Crippen LogP contribution in [0.25, 0.3) is 0 Å². The molecule has 2 saturated heterocycles. The highest BCUT2D eigenvalue weighted by Gasteiger charge is 2.43. The molecule has 2 aliphatic heterocycles. The number of Topliss-reactive ketones (excluding diaryl/α,β-unsaturated/α-hetero) is 1. The monoisotopic (exact) mass is 343 g/mol. The quantitative estimate of drug-likeness (QED) is 0.906. The predicted octanol–water partition coefficient (Wildman–Crippen LogP) is 1.68. The third kappa shape index (κ3) is 3.13. The first-order valence-electron chi connectivity index (χ1n) is 8.87. The third-order valence-electron chi connectivity index (χ3n) is 5.75. The summed E-state index contributed by atoms with van der Waals surface area (Å²) in [6, 6.07) is 8.83. The minimum absolute atomic E-state index is 0.0403. The summed E-state index contributed by atoms with van der Waals surface area (Å²) in [5.41, 5.74) is 5.89. The fourth-order valence-electron chi connectivity index (χ4n) is 4.21. The van der Waals surface area contributed by atoms with Crippen LogP contribution in [-0.2, 0) is 15.0 Å². The van der Waals surface area contributed by atoms with Crippen LogP contribution in [0.4, 0.5) is 4.79 Å². The fraction of sp³-hybridized carbons (Fsp3) is 0.526. The van der Waals surface area contributed by atoms with Gasteiger partial charge in [-0.25, -0.2) is 4.79 Å². The number of nitrogens with zero attached hydrogens (tertiary/aromatic N) is 2. The molecule has 6 heteroatoms. The Balaban J connectivity index is 1.73. The number of piperidine rings is 1. The van der Waals surface area contributed by atoms with Crippen LogP contribution in [0.3, 0.4) is 0 Å². The van der Waals surface area contributed by atoms with Gasteiger partial charge < -0.3 is 15.5 Å². The van der Waals surface area contributed by atoms with E-state index in [1.165, 1.54) is 4.90 Å². The molecule has 25 heavy (non-hydrogen) atoms. The molecule has 2 aliphatic rings. The van der Waals surface area contributed by atoms with Crippen LogP contribution in [0, 0.1) is 0 Å². The molecule has 0 saturated carbocycles. The first-order chi connectivity index (χ1) is 12.0. The van der Waals surface area contributed by atoms with E-state index in [-0.39, 0.29) is 11.7 Å². The Labute approximate surface area is 148 Å². The second-order valence-electron chi connectivity index (χ2n) is 7.02. The Bertz CT molecular complexity index is 666. The van der Waals surface area contributed by atoms with Gasteiger partial charge in [-0.3, -0.25) is 9.59 Å². The zero-order valence-corrected chi connectivity index (χ0v) is 14.6. The molecule has 3 amide bonds. The molecule has 1 aromatic carbocycles. The summed E-state index contributed by atoms with van der Waals surface area (Å²) in [5, 5.41) is 0. The Hall–Kier alpha value is -2.37. The van der Waals surface area contributed by atoms with Crippen molar-refractivity contribution < 1.29 is 14.4 Å². The average Bonchev–Trinajstić information content (AvgIpc) is 3.12. The van der Waals surface area contributed by atoms with Gasteiger partial charge in [-0.15, -0.1) is 0 Å². The van der Waals surface area contributed by atoms with Gasteiger partial charge in [-0.05, 0) is 38.2 Å². The largest absolute Gasteiger partial charge is 0.351 e. The predicted molar refractivity (Wildman–Crippen MR) is 93.9 cm³/mol. The highest BCUT2D eigenvalue weighted by atomic mass is 16.2. The topological polar surface area (TPSA) is 83.7 Å². The summed E-state index contributed by atoms with van der Waals surface area (Å²) >= 11 is 0. The van der Waals surface area contributed by atoms with Gasteiger partial charge in [0.05, 0.1) is 5.41 Å². The van der Waals surface area contributed by atoms with Gasteiger partial charge in [0.25, 0.3) is 0 Å². The van der Waals surface area contributed by atoms with Crippen molar-refractivity contribution in [3.05, 3.63) is 35.9 Å². The summed E-state index contributed by atoms with van der Waals surface area (Å²) in [6.45, 7) is 3.23. The number of carbonyl (C=O) groups is 3. The summed E-state index contributed by atoms with van der Waals surface area (Å²) in [7, 11) is 0. The van der Waals surface area contributed by atoms with E-state index < -0.39 is 17.5 Å². The number of urea groups is 1. The van der Waals surface area contributed by atoms with E-state index in [4.69, 9.17) is 5.73 Å². The molecule has 0 spiro atoms. The van der Waals surface area contributed by atoms with E-state index in [2.05, 4.69) is 0 Å². The van der Waals surface area contributed by atoms with Crippen molar-refractivity contribution in [1.29, 1.82) is 0 Å². The van der Waals surface area contributed by atoms with Crippen LogP contribution in [-0.4, -0.2) is 53.2 Å². The van der Waals surface area contributed by atoms with Gasteiger partial charge >= 0.3 is 6.03 Å². The van der Waals surface area contributed by atoms with Crippen molar-refractivity contribution in [2.75, 3.05) is 19.6 Å². The van der Waals surface area contributed by atoms with Crippen LogP contribution in [0.15, 0.2) is 30.3 Å². The number of nitrogens with two attached hydrogens (primary N) is 1. The van der Waals surface area contributed by atoms with Gasteiger partial charge in [0, 0.05) is 19.6 Å². The second-order valence-corrected chi connectivity index (χ2v) is 7.02. The Morgan fingerprint density at radius 2 is 1.72 bits per heavy atom. The van der Waals surface area contributed by atoms with E-state index in [9.17, 15) is 14.4 Å². The molecule has 6 nitrogen and oxygen atoms in total. The van der Waals surface area contributed by atoms with Crippen LogP contribution < -0.4 is 5.73 Å². The van der Waals surface area contributed by atoms with E-state index in [1.54, 1.807) is 11.8 Å². The number of hydrogen-bond acceptors (Lipinski definition) is 3. The summed E-state index contributed by atoms with van der Waals surface area (Å²) in [5.74, 6) is 0.104. The maximum absolute atomic E-state index is 12.8. The molecule has 0 aliphatic carbocycles. The summed E-state index contributed by atoms with van der Waals surface area (Å²) in [6.07, 6.45) is 2.69. The Kier molecular flexibility index (Phi) is 4.79. The number of benzene rings is 1. The molecule has 134 valence electrons. The first-order valence-corrected chi connectivity index (χ1v) is 8.87. The smallest absolute Gasteiger partial charge is 0.315 e. The number of likely N-dealkylation sites (tertiary alicyclic amines) is 2. The first kappa shape index (κ1) is 17.5. The molecule has 0 aromatic heterocycles. The SMILES string of the molecule is CC(=O)C1(c2ccccc2)CCN(C(=O)[C@@H]2CCCN2C(N)=O)CC1. The lowest BCUT2D eigenvalue weighted by molar-refractivity contribution is -0.138. The van der Waals surface area contributed by atoms with Crippen LogP contribution in [0.2, 0.25) is 0 Å². The number of rotatable bonds is 3. The molecule has 1 aromatic rings. The van der Waals surface area contributed by atoms with E-state index in [1.807, 2.05) is 30.3 Å². The number of amides is 3. The lowest BCUT2D eigenvalue weighted by Gasteiger charge is -2.41. The molecular formula is C19H25N3O3. The van der Waals surface area contributed by atoms with Gasteiger partial charge in [0.2, 0.25) is 5.91 Å².